The molecular formula is C15H21N3O2. The first-order valence-corrected chi connectivity index (χ1v) is 7.04. The van der Waals surface area contributed by atoms with Crippen molar-refractivity contribution in [1.82, 2.24) is 15.2 Å². The molecule has 2 unspecified atom stereocenters. The Morgan fingerprint density at radius 1 is 1.30 bits per heavy atom. The van der Waals surface area contributed by atoms with E-state index in [0.717, 1.165) is 5.56 Å². The third-order valence-electron chi connectivity index (χ3n) is 4.14. The van der Waals surface area contributed by atoms with Gasteiger partial charge in [-0.25, -0.2) is 0 Å². The fraction of sp³-hybridized carbons (Fsp3) is 0.533. The zero-order valence-electron chi connectivity index (χ0n) is 12.2. The standard InChI is InChI=1S/C15H21N3O2/c1-4-12-13(19)18(10-11-6-8-16-9-7-11)15(3,5-2)14(20)17-12/h6-9,12H,4-5,10H2,1-3H3,(H,17,20). The number of amides is 2. The second-order valence-corrected chi connectivity index (χ2v) is 5.34. The van der Waals surface area contributed by atoms with Crippen LogP contribution in [-0.4, -0.2) is 33.3 Å². The molecule has 2 heterocycles. The third kappa shape index (κ3) is 2.40. The molecule has 1 aliphatic rings. The normalized spacial score (nSPS) is 26.6. The van der Waals surface area contributed by atoms with E-state index in [4.69, 9.17) is 0 Å². The number of nitrogens with one attached hydrogen (secondary N) is 1. The van der Waals surface area contributed by atoms with E-state index in [2.05, 4.69) is 10.3 Å². The first-order valence-electron chi connectivity index (χ1n) is 7.04. The van der Waals surface area contributed by atoms with E-state index in [1.807, 2.05) is 32.9 Å². The highest BCUT2D eigenvalue weighted by molar-refractivity contribution is 5.99. The van der Waals surface area contributed by atoms with Crippen LogP contribution in [0.2, 0.25) is 0 Å². The smallest absolute Gasteiger partial charge is 0.246 e. The lowest BCUT2D eigenvalue weighted by atomic mass is 9.89. The van der Waals surface area contributed by atoms with E-state index < -0.39 is 11.6 Å². The Hall–Kier alpha value is -1.91. The molecule has 0 spiro atoms. The lowest BCUT2D eigenvalue weighted by Crippen LogP contribution is -2.68. The van der Waals surface area contributed by atoms with Crippen molar-refractivity contribution in [2.24, 2.45) is 0 Å². The average Bonchev–Trinajstić information content (AvgIpc) is 2.48. The molecule has 1 fully saturated rings. The number of carbonyl (C=O) groups is 2. The van der Waals surface area contributed by atoms with Crippen molar-refractivity contribution >= 4 is 11.8 Å². The Morgan fingerprint density at radius 2 is 1.95 bits per heavy atom. The van der Waals surface area contributed by atoms with Crippen molar-refractivity contribution in [2.45, 2.75) is 51.7 Å². The Bertz CT molecular complexity index is 503. The van der Waals surface area contributed by atoms with E-state index in [-0.39, 0.29) is 11.8 Å². The SMILES string of the molecule is CCC1NC(=O)C(C)(CC)N(Cc2ccncc2)C1=O. The van der Waals surface area contributed by atoms with Crippen LogP contribution < -0.4 is 5.32 Å². The molecule has 2 amide bonds. The molecule has 0 aromatic carbocycles. The van der Waals surface area contributed by atoms with Gasteiger partial charge < -0.3 is 10.2 Å². The zero-order valence-corrected chi connectivity index (χ0v) is 12.2. The van der Waals surface area contributed by atoms with Crippen molar-refractivity contribution in [1.29, 1.82) is 0 Å². The summed E-state index contributed by atoms with van der Waals surface area (Å²) in [5.74, 6) is -0.0752. The molecule has 1 aromatic heterocycles. The van der Waals surface area contributed by atoms with Gasteiger partial charge in [-0.1, -0.05) is 13.8 Å². The Balaban J connectivity index is 2.33. The molecule has 0 aliphatic carbocycles. The zero-order chi connectivity index (χ0) is 14.8. The van der Waals surface area contributed by atoms with Gasteiger partial charge in [0.05, 0.1) is 0 Å². The van der Waals surface area contributed by atoms with E-state index in [9.17, 15) is 9.59 Å². The van der Waals surface area contributed by atoms with E-state index in [1.165, 1.54) is 0 Å². The number of aromatic nitrogens is 1. The number of hydrogen-bond donors (Lipinski definition) is 1. The van der Waals surface area contributed by atoms with Crippen molar-refractivity contribution in [3.8, 4) is 0 Å². The summed E-state index contributed by atoms with van der Waals surface area (Å²) in [5, 5.41) is 2.83. The van der Waals surface area contributed by atoms with Crippen molar-refractivity contribution in [2.75, 3.05) is 0 Å². The van der Waals surface area contributed by atoms with Crippen LogP contribution in [0.25, 0.3) is 0 Å². The monoisotopic (exact) mass is 275 g/mol. The molecule has 2 rings (SSSR count). The predicted molar refractivity (Wildman–Crippen MR) is 75.7 cm³/mol. The Kier molecular flexibility index (Phi) is 4.06. The van der Waals surface area contributed by atoms with Crippen molar-refractivity contribution < 1.29 is 9.59 Å². The second-order valence-electron chi connectivity index (χ2n) is 5.34. The summed E-state index contributed by atoms with van der Waals surface area (Å²) in [5.41, 5.74) is 0.198. The maximum Gasteiger partial charge on any atom is 0.246 e. The lowest BCUT2D eigenvalue weighted by molar-refractivity contribution is -0.157. The van der Waals surface area contributed by atoms with Crippen LogP contribution in [0.3, 0.4) is 0 Å². The van der Waals surface area contributed by atoms with Crippen LogP contribution >= 0.6 is 0 Å². The fourth-order valence-corrected chi connectivity index (χ4v) is 2.48. The maximum absolute atomic E-state index is 12.6. The minimum absolute atomic E-state index is 0.00624. The van der Waals surface area contributed by atoms with Gasteiger partial charge in [0.15, 0.2) is 0 Å². The lowest BCUT2D eigenvalue weighted by Gasteiger charge is -2.45. The van der Waals surface area contributed by atoms with Crippen molar-refractivity contribution in [3.05, 3.63) is 30.1 Å². The molecule has 0 radical (unpaired) electrons. The largest absolute Gasteiger partial charge is 0.342 e. The Labute approximate surface area is 119 Å². The van der Waals surface area contributed by atoms with Crippen molar-refractivity contribution in [3.63, 3.8) is 0 Å². The van der Waals surface area contributed by atoms with Gasteiger partial charge in [-0.3, -0.25) is 14.6 Å². The van der Waals surface area contributed by atoms with Gasteiger partial charge in [-0.15, -0.1) is 0 Å². The highest BCUT2D eigenvalue weighted by Crippen LogP contribution is 2.27. The number of carbonyl (C=O) groups excluding carboxylic acids is 2. The number of hydrogen-bond acceptors (Lipinski definition) is 3. The van der Waals surface area contributed by atoms with Gasteiger partial charge in [0, 0.05) is 18.9 Å². The minimum Gasteiger partial charge on any atom is -0.342 e. The van der Waals surface area contributed by atoms with E-state index in [0.29, 0.717) is 19.4 Å². The third-order valence-corrected chi connectivity index (χ3v) is 4.14. The molecule has 2 atom stereocenters. The molecule has 1 saturated heterocycles. The summed E-state index contributed by atoms with van der Waals surface area (Å²) in [6.07, 6.45) is 4.60. The van der Waals surface area contributed by atoms with E-state index in [1.54, 1.807) is 17.3 Å². The quantitative estimate of drug-likeness (QED) is 0.905. The van der Waals surface area contributed by atoms with Crippen LogP contribution in [0.4, 0.5) is 0 Å². The van der Waals surface area contributed by atoms with Gasteiger partial charge in [0.25, 0.3) is 0 Å². The van der Waals surface area contributed by atoms with Gasteiger partial charge in [-0.05, 0) is 37.5 Å². The summed E-state index contributed by atoms with van der Waals surface area (Å²) in [7, 11) is 0. The molecule has 0 saturated carbocycles. The molecule has 5 heteroatoms. The van der Waals surface area contributed by atoms with Crippen LogP contribution in [-0.2, 0) is 16.1 Å². The number of pyridine rings is 1. The highest BCUT2D eigenvalue weighted by atomic mass is 16.2. The molecule has 20 heavy (non-hydrogen) atoms. The Morgan fingerprint density at radius 3 is 2.50 bits per heavy atom. The first kappa shape index (κ1) is 14.5. The fourth-order valence-electron chi connectivity index (χ4n) is 2.48. The van der Waals surface area contributed by atoms with Gasteiger partial charge in [0.2, 0.25) is 11.8 Å². The summed E-state index contributed by atoms with van der Waals surface area (Å²) in [6, 6.07) is 3.33. The minimum atomic E-state index is -0.786. The molecule has 1 N–H and O–H groups in total. The summed E-state index contributed by atoms with van der Waals surface area (Å²) in [4.78, 5) is 30.6. The molecule has 0 bridgehead atoms. The maximum atomic E-state index is 12.6. The van der Waals surface area contributed by atoms with E-state index >= 15 is 0 Å². The van der Waals surface area contributed by atoms with Crippen LogP contribution in [0.15, 0.2) is 24.5 Å². The number of nitrogens with zero attached hydrogens (tertiary/aromatic N) is 2. The van der Waals surface area contributed by atoms with Crippen LogP contribution in [0.1, 0.15) is 39.2 Å². The van der Waals surface area contributed by atoms with Gasteiger partial charge >= 0.3 is 0 Å². The average molecular weight is 275 g/mol. The molecule has 5 nitrogen and oxygen atoms in total. The summed E-state index contributed by atoms with van der Waals surface area (Å²) >= 11 is 0. The second kappa shape index (κ2) is 5.61. The van der Waals surface area contributed by atoms with Gasteiger partial charge in [0.1, 0.15) is 11.6 Å². The topological polar surface area (TPSA) is 62.3 Å². The molecule has 108 valence electrons. The molecular weight excluding hydrogens is 254 g/mol. The van der Waals surface area contributed by atoms with Crippen LogP contribution in [0.5, 0.6) is 0 Å². The highest BCUT2D eigenvalue weighted by Gasteiger charge is 2.47. The van der Waals surface area contributed by atoms with Crippen LogP contribution in [0, 0.1) is 0 Å². The number of piperazine rings is 1. The summed E-state index contributed by atoms with van der Waals surface area (Å²) in [6.45, 7) is 6.10. The van der Waals surface area contributed by atoms with Gasteiger partial charge in [-0.2, -0.15) is 0 Å². The summed E-state index contributed by atoms with van der Waals surface area (Å²) < 4.78 is 0. The first-order chi connectivity index (χ1) is 9.52. The molecule has 1 aromatic rings. The molecule has 1 aliphatic heterocycles. The number of rotatable bonds is 4. The predicted octanol–water partition coefficient (Wildman–Crippen LogP) is 1.49.